The molecule has 0 saturated heterocycles. The first-order chi connectivity index (χ1) is 7.93. The van der Waals surface area contributed by atoms with Crippen molar-refractivity contribution in [2.45, 2.75) is 46.7 Å². The molecule has 1 aromatic carbocycles. The summed E-state index contributed by atoms with van der Waals surface area (Å²) in [7, 11) is 0. The SMILES string of the molecule is CC(C)CN(c1ccccc1[C@H](C)N)C(C)C. The second kappa shape index (κ2) is 6.06. The molecule has 1 rings (SSSR count). The third-order valence-electron chi connectivity index (χ3n) is 2.92. The van der Waals surface area contributed by atoms with E-state index in [1.807, 2.05) is 6.92 Å². The van der Waals surface area contributed by atoms with Gasteiger partial charge in [0.2, 0.25) is 0 Å². The highest BCUT2D eigenvalue weighted by Crippen LogP contribution is 2.27. The van der Waals surface area contributed by atoms with Crippen LogP contribution in [0, 0.1) is 5.92 Å². The molecule has 0 aliphatic carbocycles. The maximum atomic E-state index is 6.06. The highest BCUT2D eigenvalue weighted by Gasteiger charge is 2.16. The predicted octanol–water partition coefficient (Wildman–Crippen LogP) is 3.58. The van der Waals surface area contributed by atoms with Crippen molar-refractivity contribution in [1.82, 2.24) is 0 Å². The lowest BCUT2D eigenvalue weighted by molar-refractivity contribution is 0.567. The number of hydrogen-bond acceptors (Lipinski definition) is 2. The zero-order valence-electron chi connectivity index (χ0n) is 11.8. The molecule has 17 heavy (non-hydrogen) atoms. The van der Waals surface area contributed by atoms with Gasteiger partial charge in [-0.25, -0.2) is 0 Å². The highest BCUT2D eigenvalue weighted by molar-refractivity contribution is 5.55. The Morgan fingerprint density at radius 2 is 1.65 bits per heavy atom. The normalized spacial score (nSPS) is 13.2. The molecule has 1 atom stereocenters. The fraction of sp³-hybridized carbons (Fsp3) is 0.600. The van der Waals surface area contributed by atoms with Gasteiger partial charge in [0, 0.05) is 24.3 Å². The van der Waals surface area contributed by atoms with Crippen molar-refractivity contribution in [2.75, 3.05) is 11.4 Å². The molecule has 2 nitrogen and oxygen atoms in total. The summed E-state index contributed by atoms with van der Waals surface area (Å²) in [6.07, 6.45) is 0. The lowest BCUT2D eigenvalue weighted by atomic mass is 10.0. The molecule has 0 fully saturated rings. The maximum Gasteiger partial charge on any atom is 0.0416 e. The molecule has 0 spiro atoms. The van der Waals surface area contributed by atoms with E-state index in [-0.39, 0.29) is 6.04 Å². The Morgan fingerprint density at radius 1 is 1.06 bits per heavy atom. The van der Waals surface area contributed by atoms with Crippen LogP contribution in [0.1, 0.15) is 46.2 Å². The zero-order chi connectivity index (χ0) is 13.0. The van der Waals surface area contributed by atoms with Gasteiger partial charge in [0.1, 0.15) is 0 Å². The van der Waals surface area contributed by atoms with Crippen molar-refractivity contribution in [3.05, 3.63) is 29.8 Å². The van der Waals surface area contributed by atoms with Crippen molar-refractivity contribution < 1.29 is 0 Å². The average Bonchev–Trinajstić information content (AvgIpc) is 2.25. The van der Waals surface area contributed by atoms with Crippen LogP contribution in [-0.4, -0.2) is 12.6 Å². The van der Waals surface area contributed by atoms with Gasteiger partial charge in [-0.2, -0.15) is 0 Å². The van der Waals surface area contributed by atoms with Gasteiger partial charge in [-0.05, 0) is 38.3 Å². The van der Waals surface area contributed by atoms with Crippen LogP contribution in [0.25, 0.3) is 0 Å². The summed E-state index contributed by atoms with van der Waals surface area (Å²) in [6, 6.07) is 9.06. The van der Waals surface area contributed by atoms with Crippen LogP contribution in [0.15, 0.2) is 24.3 Å². The van der Waals surface area contributed by atoms with Gasteiger partial charge in [0.05, 0.1) is 0 Å². The van der Waals surface area contributed by atoms with E-state index in [2.05, 4.69) is 56.9 Å². The molecule has 0 aliphatic heterocycles. The van der Waals surface area contributed by atoms with E-state index in [9.17, 15) is 0 Å². The van der Waals surface area contributed by atoms with Gasteiger partial charge in [-0.1, -0.05) is 32.0 Å². The van der Waals surface area contributed by atoms with E-state index < -0.39 is 0 Å². The van der Waals surface area contributed by atoms with Crippen LogP contribution in [0.2, 0.25) is 0 Å². The molecule has 2 N–H and O–H groups in total. The minimum Gasteiger partial charge on any atom is -0.369 e. The molecule has 0 amide bonds. The molecule has 0 saturated carbocycles. The van der Waals surface area contributed by atoms with E-state index >= 15 is 0 Å². The van der Waals surface area contributed by atoms with Crippen LogP contribution in [0.4, 0.5) is 5.69 Å². The standard InChI is InChI=1S/C15H26N2/c1-11(2)10-17(12(3)4)15-9-7-6-8-14(15)13(5)16/h6-9,11-13H,10,16H2,1-5H3/t13-/m0/s1. The van der Waals surface area contributed by atoms with Crippen molar-refractivity contribution in [1.29, 1.82) is 0 Å². The summed E-state index contributed by atoms with van der Waals surface area (Å²) in [5.74, 6) is 0.651. The second-order valence-electron chi connectivity index (χ2n) is 5.49. The summed E-state index contributed by atoms with van der Waals surface area (Å²) in [6.45, 7) is 12.1. The summed E-state index contributed by atoms with van der Waals surface area (Å²) >= 11 is 0. The summed E-state index contributed by atoms with van der Waals surface area (Å²) in [5.41, 5.74) is 8.58. The Labute approximate surface area is 106 Å². The van der Waals surface area contributed by atoms with E-state index in [1.54, 1.807) is 0 Å². The topological polar surface area (TPSA) is 29.3 Å². The smallest absolute Gasteiger partial charge is 0.0416 e. The van der Waals surface area contributed by atoms with Crippen LogP contribution in [0.5, 0.6) is 0 Å². The van der Waals surface area contributed by atoms with Crippen LogP contribution < -0.4 is 10.6 Å². The Balaban J connectivity index is 3.09. The molecule has 0 unspecified atom stereocenters. The summed E-state index contributed by atoms with van der Waals surface area (Å²) < 4.78 is 0. The van der Waals surface area contributed by atoms with Gasteiger partial charge in [-0.3, -0.25) is 0 Å². The molecule has 0 aliphatic rings. The number of rotatable bonds is 5. The Bertz CT molecular complexity index is 343. The van der Waals surface area contributed by atoms with Crippen molar-refractivity contribution >= 4 is 5.69 Å². The number of benzene rings is 1. The molecule has 0 radical (unpaired) electrons. The van der Waals surface area contributed by atoms with Gasteiger partial charge >= 0.3 is 0 Å². The molecule has 96 valence electrons. The van der Waals surface area contributed by atoms with E-state index in [0.29, 0.717) is 12.0 Å². The zero-order valence-corrected chi connectivity index (χ0v) is 11.8. The second-order valence-corrected chi connectivity index (χ2v) is 5.49. The summed E-state index contributed by atoms with van der Waals surface area (Å²) in [5, 5.41) is 0. The van der Waals surface area contributed by atoms with Gasteiger partial charge in [0.25, 0.3) is 0 Å². The summed E-state index contributed by atoms with van der Waals surface area (Å²) in [4.78, 5) is 2.45. The van der Waals surface area contributed by atoms with Crippen molar-refractivity contribution in [3.8, 4) is 0 Å². The number of para-hydroxylation sites is 1. The minimum absolute atomic E-state index is 0.0830. The Kier molecular flexibility index (Phi) is 5.01. The first kappa shape index (κ1) is 14.0. The molecular weight excluding hydrogens is 208 g/mol. The Hall–Kier alpha value is -1.02. The van der Waals surface area contributed by atoms with Gasteiger partial charge in [-0.15, -0.1) is 0 Å². The predicted molar refractivity (Wildman–Crippen MR) is 76.4 cm³/mol. The monoisotopic (exact) mass is 234 g/mol. The minimum atomic E-state index is 0.0830. The van der Waals surface area contributed by atoms with Crippen LogP contribution in [0.3, 0.4) is 0 Å². The number of anilines is 1. The quantitative estimate of drug-likeness (QED) is 0.844. The first-order valence-electron chi connectivity index (χ1n) is 6.54. The fourth-order valence-electron chi connectivity index (χ4n) is 2.11. The van der Waals surface area contributed by atoms with E-state index in [4.69, 9.17) is 5.73 Å². The molecule has 0 aromatic heterocycles. The van der Waals surface area contributed by atoms with Gasteiger partial charge in [0.15, 0.2) is 0 Å². The number of nitrogens with two attached hydrogens (primary N) is 1. The molecule has 2 heteroatoms. The maximum absolute atomic E-state index is 6.06. The number of hydrogen-bond donors (Lipinski definition) is 1. The lowest BCUT2D eigenvalue weighted by Crippen LogP contribution is -2.35. The molecule has 0 bridgehead atoms. The van der Waals surface area contributed by atoms with Crippen molar-refractivity contribution in [3.63, 3.8) is 0 Å². The third-order valence-corrected chi connectivity index (χ3v) is 2.92. The molecule has 0 heterocycles. The Morgan fingerprint density at radius 3 is 2.12 bits per heavy atom. The van der Waals surface area contributed by atoms with Crippen LogP contribution in [-0.2, 0) is 0 Å². The fourth-order valence-corrected chi connectivity index (χ4v) is 2.11. The average molecular weight is 234 g/mol. The lowest BCUT2D eigenvalue weighted by Gasteiger charge is -2.33. The largest absolute Gasteiger partial charge is 0.369 e. The molecule has 1 aromatic rings. The third kappa shape index (κ3) is 3.74. The van der Waals surface area contributed by atoms with Crippen LogP contribution >= 0.6 is 0 Å². The van der Waals surface area contributed by atoms with E-state index in [0.717, 1.165) is 6.54 Å². The van der Waals surface area contributed by atoms with Gasteiger partial charge < -0.3 is 10.6 Å². The first-order valence-corrected chi connectivity index (χ1v) is 6.54. The molecular formula is C15H26N2. The highest BCUT2D eigenvalue weighted by atomic mass is 15.2. The van der Waals surface area contributed by atoms with E-state index in [1.165, 1.54) is 11.3 Å². The number of nitrogens with zero attached hydrogens (tertiary/aromatic N) is 1. The van der Waals surface area contributed by atoms with Crippen molar-refractivity contribution in [2.24, 2.45) is 11.7 Å².